The molecule has 0 radical (unpaired) electrons. The monoisotopic (exact) mass is 354 g/mol. The van der Waals surface area contributed by atoms with Gasteiger partial charge in [-0.3, -0.25) is 9.59 Å². The van der Waals surface area contributed by atoms with Crippen LogP contribution in [0.15, 0.2) is 35.4 Å². The zero-order valence-corrected chi connectivity index (χ0v) is 14.3. The quantitative estimate of drug-likeness (QED) is 0.309. The molecule has 8 heteroatoms. The summed E-state index contributed by atoms with van der Waals surface area (Å²) >= 11 is 5.78. The molecule has 0 spiro atoms. The number of nitrogens with zero attached hydrogens (tertiary/aromatic N) is 2. The molecule has 0 aromatic heterocycles. The highest BCUT2D eigenvalue weighted by molar-refractivity contribution is 6.82. The fourth-order valence-corrected chi connectivity index (χ4v) is 1.85. The Balaban J connectivity index is 2.94. The van der Waals surface area contributed by atoms with Crippen molar-refractivity contribution in [3.8, 4) is 0 Å². The largest absolute Gasteiger partial charge is 0.466 e. The summed E-state index contributed by atoms with van der Waals surface area (Å²) in [4.78, 5) is 35.3. The summed E-state index contributed by atoms with van der Waals surface area (Å²) in [5, 5.41) is 4.24. The van der Waals surface area contributed by atoms with E-state index in [0.29, 0.717) is 0 Å². The van der Waals surface area contributed by atoms with Crippen LogP contribution < -0.4 is 0 Å². The van der Waals surface area contributed by atoms with Crippen LogP contribution in [0.3, 0.4) is 0 Å². The molecule has 7 nitrogen and oxygen atoms in total. The molecule has 0 unspecified atom stereocenters. The van der Waals surface area contributed by atoms with Gasteiger partial charge >= 0.3 is 11.9 Å². The van der Waals surface area contributed by atoms with E-state index in [4.69, 9.17) is 21.1 Å². The van der Waals surface area contributed by atoms with Crippen molar-refractivity contribution in [2.24, 2.45) is 5.10 Å². The smallest absolute Gasteiger partial charge is 0.370 e. The number of rotatable bonds is 8. The van der Waals surface area contributed by atoms with E-state index in [1.54, 1.807) is 38.1 Å². The zero-order chi connectivity index (χ0) is 17.9. The maximum atomic E-state index is 12.3. The van der Waals surface area contributed by atoms with Gasteiger partial charge in [0.2, 0.25) is 5.17 Å². The molecule has 24 heavy (non-hydrogen) atoms. The number of amides is 1. The first-order valence-corrected chi connectivity index (χ1v) is 7.76. The van der Waals surface area contributed by atoms with Crippen LogP contribution in [0.5, 0.6) is 0 Å². The second-order valence-corrected chi connectivity index (χ2v) is 4.89. The molecule has 0 aliphatic heterocycles. The van der Waals surface area contributed by atoms with E-state index in [1.165, 1.54) is 0 Å². The highest BCUT2D eigenvalue weighted by Gasteiger charge is 2.21. The van der Waals surface area contributed by atoms with E-state index >= 15 is 0 Å². The third kappa shape index (κ3) is 6.78. The summed E-state index contributed by atoms with van der Waals surface area (Å²) in [7, 11) is 0. The summed E-state index contributed by atoms with van der Waals surface area (Å²) < 4.78 is 9.47. The van der Waals surface area contributed by atoms with Crippen molar-refractivity contribution in [2.75, 3.05) is 13.2 Å². The van der Waals surface area contributed by atoms with Gasteiger partial charge in [0.1, 0.15) is 6.42 Å². The molecule has 0 aliphatic carbocycles. The van der Waals surface area contributed by atoms with E-state index in [-0.39, 0.29) is 19.8 Å². The summed E-state index contributed by atoms with van der Waals surface area (Å²) in [6.07, 6.45) is -0.503. The van der Waals surface area contributed by atoms with E-state index < -0.39 is 29.4 Å². The van der Waals surface area contributed by atoms with Crippen LogP contribution in [0.4, 0.5) is 0 Å². The van der Waals surface area contributed by atoms with Gasteiger partial charge in [0.05, 0.1) is 19.8 Å². The summed E-state index contributed by atoms with van der Waals surface area (Å²) in [5.41, 5.74) is 0.756. The highest BCUT2D eigenvalue weighted by Crippen LogP contribution is 2.09. The maximum absolute atomic E-state index is 12.3. The molecule has 0 heterocycles. The van der Waals surface area contributed by atoms with Crippen molar-refractivity contribution >= 4 is 34.6 Å². The summed E-state index contributed by atoms with van der Waals surface area (Å²) in [5.74, 6) is -2.16. The average molecular weight is 355 g/mol. The minimum Gasteiger partial charge on any atom is -0.466 e. The fraction of sp³-hybridized carbons (Fsp3) is 0.375. The lowest BCUT2D eigenvalue weighted by atomic mass is 10.2. The van der Waals surface area contributed by atoms with Crippen LogP contribution in [0, 0.1) is 0 Å². The SMILES string of the molecule is CCOC(=O)CC(=O)N(Cc1ccccc1)/N=C(\Cl)C(=O)OCC. The second kappa shape index (κ2) is 10.4. The Morgan fingerprint density at radius 1 is 1.08 bits per heavy atom. The molecule has 1 rings (SSSR count). The number of carbonyl (C=O) groups excluding carboxylic acids is 3. The van der Waals surface area contributed by atoms with E-state index in [0.717, 1.165) is 10.6 Å². The average Bonchev–Trinajstić information content (AvgIpc) is 2.55. The fourth-order valence-electron chi connectivity index (χ4n) is 1.70. The Morgan fingerprint density at radius 3 is 2.29 bits per heavy atom. The molecule has 0 bridgehead atoms. The molecule has 0 fully saturated rings. The van der Waals surface area contributed by atoms with Crippen LogP contribution in [0.25, 0.3) is 0 Å². The van der Waals surface area contributed by atoms with Crippen molar-refractivity contribution in [3.63, 3.8) is 0 Å². The Bertz CT molecular complexity index is 604. The van der Waals surface area contributed by atoms with Gasteiger partial charge < -0.3 is 9.47 Å². The maximum Gasteiger partial charge on any atom is 0.370 e. The van der Waals surface area contributed by atoms with Gasteiger partial charge in [0, 0.05) is 0 Å². The minimum atomic E-state index is -0.846. The van der Waals surface area contributed by atoms with Crippen molar-refractivity contribution < 1.29 is 23.9 Å². The molecule has 1 aromatic rings. The van der Waals surface area contributed by atoms with Crippen LogP contribution in [-0.4, -0.2) is 41.2 Å². The molecule has 130 valence electrons. The molecular formula is C16H19ClN2O5. The van der Waals surface area contributed by atoms with Crippen molar-refractivity contribution in [2.45, 2.75) is 26.8 Å². The molecule has 0 N–H and O–H groups in total. The van der Waals surface area contributed by atoms with Crippen molar-refractivity contribution in [3.05, 3.63) is 35.9 Å². The third-order valence-corrected chi connectivity index (χ3v) is 2.95. The van der Waals surface area contributed by atoms with Crippen LogP contribution in [0.2, 0.25) is 0 Å². The lowest BCUT2D eigenvalue weighted by Crippen LogP contribution is -2.30. The molecular weight excluding hydrogens is 336 g/mol. The number of ether oxygens (including phenoxy) is 2. The van der Waals surface area contributed by atoms with E-state index in [2.05, 4.69) is 5.10 Å². The summed E-state index contributed by atoms with van der Waals surface area (Å²) in [6.45, 7) is 3.60. The van der Waals surface area contributed by atoms with Crippen LogP contribution in [0.1, 0.15) is 25.8 Å². The van der Waals surface area contributed by atoms with Gasteiger partial charge in [-0.2, -0.15) is 0 Å². The van der Waals surface area contributed by atoms with Crippen molar-refractivity contribution in [1.82, 2.24) is 5.01 Å². The number of benzene rings is 1. The standard InChI is InChI=1S/C16H19ClN2O5/c1-3-23-14(21)10-13(20)19(11-12-8-6-5-7-9-12)18-15(17)16(22)24-4-2/h5-9H,3-4,10-11H2,1-2H3/b18-15-. The van der Waals surface area contributed by atoms with Crippen molar-refractivity contribution in [1.29, 1.82) is 0 Å². The second-order valence-electron chi connectivity index (χ2n) is 4.53. The van der Waals surface area contributed by atoms with Gasteiger partial charge in [-0.05, 0) is 19.4 Å². The number of esters is 2. The van der Waals surface area contributed by atoms with Gasteiger partial charge in [-0.25, -0.2) is 9.80 Å². The van der Waals surface area contributed by atoms with E-state index in [9.17, 15) is 14.4 Å². The Labute approximate surface area is 145 Å². The minimum absolute atomic E-state index is 0.0503. The highest BCUT2D eigenvalue weighted by atomic mass is 35.5. The van der Waals surface area contributed by atoms with Gasteiger partial charge in [0.25, 0.3) is 5.91 Å². The molecule has 1 aromatic carbocycles. The molecule has 0 saturated carbocycles. The zero-order valence-electron chi connectivity index (χ0n) is 13.5. The van der Waals surface area contributed by atoms with Gasteiger partial charge in [-0.15, -0.1) is 5.10 Å². The first kappa shape index (κ1) is 19.6. The molecule has 0 aliphatic rings. The number of hydrazone groups is 1. The van der Waals surface area contributed by atoms with Crippen LogP contribution >= 0.6 is 11.6 Å². The predicted molar refractivity (Wildman–Crippen MR) is 88.2 cm³/mol. The number of hydrogen-bond acceptors (Lipinski definition) is 6. The predicted octanol–water partition coefficient (Wildman–Crippen LogP) is 2.08. The Hall–Kier alpha value is -2.41. The molecule has 0 atom stereocenters. The number of hydrogen-bond donors (Lipinski definition) is 0. The third-order valence-electron chi connectivity index (χ3n) is 2.72. The Morgan fingerprint density at radius 2 is 1.71 bits per heavy atom. The molecule has 0 saturated heterocycles. The van der Waals surface area contributed by atoms with Gasteiger partial charge in [0.15, 0.2) is 0 Å². The first-order valence-electron chi connectivity index (χ1n) is 7.39. The topological polar surface area (TPSA) is 85.3 Å². The molecule has 1 amide bonds. The van der Waals surface area contributed by atoms with E-state index in [1.807, 2.05) is 6.07 Å². The normalized spacial score (nSPS) is 10.9. The lowest BCUT2D eigenvalue weighted by Gasteiger charge is -2.17. The van der Waals surface area contributed by atoms with Crippen LogP contribution in [-0.2, 0) is 30.4 Å². The lowest BCUT2D eigenvalue weighted by molar-refractivity contribution is -0.148. The number of carbonyl (C=O) groups is 3. The van der Waals surface area contributed by atoms with Gasteiger partial charge in [-0.1, -0.05) is 41.9 Å². The summed E-state index contributed by atoms with van der Waals surface area (Å²) in [6, 6.07) is 8.96. The Kier molecular flexibility index (Phi) is 8.49. The number of halogens is 1. The first-order chi connectivity index (χ1) is 11.5.